The van der Waals surface area contributed by atoms with Crippen LogP contribution in [0.3, 0.4) is 0 Å². The first-order chi connectivity index (χ1) is 14.2. The topological polar surface area (TPSA) is 67.5 Å². The summed E-state index contributed by atoms with van der Waals surface area (Å²) in [6.45, 7) is 3.62. The Kier molecular flexibility index (Phi) is 4.42. The molecule has 7 nitrogen and oxygen atoms in total. The Morgan fingerprint density at radius 1 is 1.28 bits per heavy atom. The predicted molar refractivity (Wildman–Crippen MR) is 113 cm³/mol. The predicted octanol–water partition coefficient (Wildman–Crippen LogP) is 3.04. The average molecular weight is 388 g/mol. The molecule has 1 amide bonds. The van der Waals surface area contributed by atoms with Gasteiger partial charge in [-0.3, -0.25) is 4.79 Å². The number of allylic oxidation sites excluding steroid dienone is 4. The van der Waals surface area contributed by atoms with E-state index in [9.17, 15) is 4.79 Å². The number of amides is 1. The van der Waals surface area contributed by atoms with Gasteiger partial charge in [-0.25, -0.2) is 9.97 Å². The molecule has 5 rings (SSSR count). The van der Waals surface area contributed by atoms with E-state index in [4.69, 9.17) is 4.98 Å². The highest BCUT2D eigenvalue weighted by Crippen LogP contribution is 2.24. The lowest BCUT2D eigenvalue weighted by Crippen LogP contribution is -2.37. The van der Waals surface area contributed by atoms with Crippen molar-refractivity contribution in [2.75, 3.05) is 18.0 Å². The second-order valence-corrected chi connectivity index (χ2v) is 7.69. The zero-order chi connectivity index (χ0) is 19.8. The van der Waals surface area contributed by atoms with Crippen LogP contribution >= 0.6 is 0 Å². The fraction of sp³-hybridized carbons (Fsp3) is 0.318. The second-order valence-electron chi connectivity index (χ2n) is 7.69. The molecule has 3 aromatic rings. The van der Waals surface area contributed by atoms with Gasteiger partial charge in [0.1, 0.15) is 12.0 Å². The summed E-state index contributed by atoms with van der Waals surface area (Å²) in [5, 5.41) is 3.14. The van der Waals surface area contributed by atoms with Crippen molar-refractivity contribution in [2.45, 2.75) is 32.2 Å². The van der Waals surface area contributed by atoms with Gasteiger partial charge in [-0.1, -0.05) is 12.2 Å². The number of rotatable bonds is 4. The molecule has 4 heterocycles. The van der Waals surface area contributed by atoms with E-state index in [1.165, 1.54) is 0 Å². The number of nitrogens with one attached hydrogen (secondary N) is 1. The van der Waals surface area contributed by atoms with Gasteiger partial charge in [0.2, 0.25) is 0 Å². The number of fused-ring (bicyclic) bond motifs is 1. The molecule has 1 aliphatic heterocycles. The summed E-state index contributed by atoms with van der Waals surface area (Å²) in [5.41, 5.74) is 3.59. The Balaban J connectivity index is 1.27. The molecule has 0 aromatic carbocycles. The molecular weight excluding hydrogens is 364 g/mol. The average Bonchev–Trinajstić information content (AvgIpc) is 3.48. The van der Waals surface area contributed by atoms with E-state index in [0.717, 1.165) is 55.1 Å². The van der Waals surface area contributed by atoms with Crippen LogP contribution in [0.2, 0.25) is 0 Å². The van der Waals surface area contributed by atoms with Gasteiger partial charge >= 0.3 is 0 Å². The maximum Gasteiger partial charge on any atom is 0.271 e. The van der Waals surface area contributed by atoms with E-state index in [2.05, 4.69) is 43.9 Å². The molecule has 0 bridgehead atoms. The Hall–Kier alpha value is -3.35. The van der Waals surface area contributed by atoms with E-state index in [1.807, 2.05) is 30.0 Å². The normalized spacial score (nSPS) is 19.0. The third-order valence-electron chi connectivity index (χ3n) is 5.53. The molecule has 3 aromatic heterocycles. The third kappa shape index (κ3) is 3.44. The highest BCUT2D eigenvalue weighted by Gasteiger charge is 2.27. The van der Waals surface area contributed by atoms with Crippen LogP contribution in [0.5, 0.6) is 0 Å². The van der Waals surface area contributed by atoms with Crippen LogP contribution in [0, 0.1) is 6.92 Å². The summed E-state index contributed by atoms with van der Waals surface area (Å²) >= 11 is 0. The highest BCUT2D eigenvalue weighted by molar-refractivity contribution is 5.92. The Morgan fingerprint density at radius 3 is 3.07 bits per heavy atom. The number of carbonyl (C=O) groups is 1. The van der Waals surface area contributed by atoms with Crippen LogP contribution in [-0.4, -0.2) is 44.0 Å². The molecule has 0 radical (unpaired) electrons. The number of aryl methyl sites for hydroxylation is 1. The minimum atomic E-state index is -0.124. The Labute approximate surface area is 169 Å². The molecular formula is C22H24N6O. The third-order valence-corrected chi connectivity index (χ3v) is 5.53. The lowest BCUT2D eigenvalue weighted by Gasteiger charge is -2.19. The van der Waals surface area contributed by atoms with Gasteiger partial charge in [0.15, 0.2) is 5.82 Å². The molecule has 0 spiro atoms. The summed E-state index contributed by atoms with van der Waals surface area (Å²) < 4.78 is 4.01. The number of aromatic nitrogens is 4. The van der Waals surface area contributed by atoms with Crippen molar-refractivity contribution in [3.63, 3.8) is 0 Å². The molecule has 1 atom stereocenters. The lowest BCUT2D eigenvalue weighted by molar-refractivity contribution is 0.0936. The summed E-state index contributed by atoms with van der Waals surface area (Å²) in [7, 11) is 0. The zero-order valence-corrected chi connectivity index (χ0v) is 16.5. The first kappa shape index (κ1) is 17.7. The highest BCUT2D eigenvalue weighted by atomic mass is 16.2. The van der Waals surface area contributed by atoms with Gasteiger partial charge in [0.05, 0.1) is 11.2 Å². The van der Waals surface area contributed by atoms with E-state index >= 15 is 0 Å². The van der Waals surface area contributed by atoms with Crippen LogP contribution in [-0.2, 0) is 0 Å². The maximum absolute atomic E-state index is 12.7. The van der Waals surface area contributed by atoms with E-state index < -0.39 is 0 Å². The molecule has 2 aliphatic rings. The number of hydrogen-bond acceptors (Lipinski definition) is 4. The van der Waals surface area contributed by atoms with Gasteiger partial charge in [-0.15, -0.1) is 0 Å². The van der Waals surface area contributed by atoms with Gasteiger partial charge in [0, 0.05) is 43.4 Å². The fourth-order valence-corrected chi connectivity index (χ4v) is 4.09. The van der Waals surface area contributed by atoms with Gasteiger partial charge in [-0.2, -0.15) is 0 Å². The molecule has 1 unspecified atom stereocenters. The quantitative estimate of drug-likeness (QED) is 0.746. The van der Waals surface area contributed by atoms with Crippen molar-refractivity contribution >= 4 is 22.9 Å². The molecule has 1 saturated heterocycles. The Bertz CT molecular complexity index is 1120. The van der Waals surface area contributed by atoms with Gasteiger partial charge in [-0.05, 0) is 44.4 Å². The van der Waals surface area contributed by atoms with Crippen molar-refractivity contribution < 1.29 is 4.79 Å². The molecule has 29 heavy (non-hydrogen) atoms. The first-order valence-corrected chi connectivity index (χ1v) is 10.1. The largest absolute Gasteiger partial charge is 0.353 e. The molecule has 7 heteroatoms. The number of carbonyl (C=O) groups excluding carboxylic acids is 1. The van der Waals surface area contributed by atoms with Crippen molar-refractivity contribution in [3.8, 4) is 0 Å². The molecule has 1 N–H and O–H groups in total. The van der Waals surface area contributed by atoms with Gasteiger partial charge < -0.3 is 19.2 Å². The second kappa shape index (κ2) is 7.24. The van der Waals surface area contributed by atoms with Crippen molar-refractivity contribution in [2.24, 2.45) is 0 Å². The maximum atomic E-state index is 12.7. The van der Waals surface area contributed by atoms with E-state index in [0.29, 0.717) is 5.69 Å². The minimum Gasteiger partial charge on any atom is -0.353 e. The summed E-state index contributed by atoms with van der Waals surface area (Å²) in [6, 6.07) is 4.19. The van der Waals surface area contributed by atoms with Crippen molar-refractivity contribution in [1.82, 2.24) is 24.3 Å². The standard InChI is InChI=1S/C22H24N6O/c1-16-12-26-10-5-8-20(26)21(24-16)27-11-9-17(13-27)25-22(29)19-14-28(15-23-19)18-6-3-2-4-7-18/h3,5-8,10,12,14-15,17H,2,4,9,11,13H2,1H3,(H,25,29). The van der Waals surface area contributed by atoms with Crippen molar-refractivity contribution in [1.29, 1.82) is 0 Å². The van der Waals surface area contributed by atoms with Crippen LogP contribution in [0.15, 0.2) is 55.3 Å². The number of nitrogens with zero attached hydrogens (tertiary/aromatic N) is 5. The van der Waals surface area contributed by atoms with Crippen LogP contribution in [0.4, 0.5) is 5.82 Å². The summed E-state index contributed by atoms with van der Waals surface area (Å²) in [5.74, 6) is 0.855. The SMILES string of the molecule is Cc1cn2cccc2c(N2CCC(NC(=O)c3cn(C4=CCCC=C4)cn3)C2)n1. The van der Waals surface area contributed by atoms with Gasteiger partial charge in [0.25, 0.3) is 5.91 Å². The fourth-order valence-electron chi connectivity index (χ4n) is 4.09. The first-order valence-electron chi connectivity index (χ1n) is 10.1. The molecule has 1 fully saturated rings. The van der Waals surface area contributed by atoms with E-state index in [1.54, 1.807) is 12.5 Å². The molecule has 0 saturated carbocycles. The van der Waals surface area contributed by atoms with E-state index in [-0.39, 0.29) is 11.9 Å². The van der Waals surface area contributed by atoms with Crippen molar-refractivity contribution in [3.05, 3.63) is 66.7 Å². The van der Waals surface area contributed by atoms with Crippen LogP contribution in [0.1, 0.15) is 35.4 Å². The summed E-state index contributed by atoms with van der Waals surface area (Å²) in [4.78, 5) is 24.0. The number of imidazole rings is 1. The zero-order valence-electron chi connectivity index (χ0n) is 16.5. The lowest BCUT2D eigenvalue weighted by atomic mass is 10.1. The number of hydrogen-bond donors (Lipinski definition) is 1. The van der Waals surface area contributed by atoms with Crippen LogP contribution in [0.25, 0.3) is 11.2 Å². The smallest absolute Gasteiger partial charge is 0.271 e. The Morgan fingerprint density at radius 2 is 2.21 bits per heavy atom. The molecule has 148 valence electrons. The van der Waals surface area contributed by atoms with Crippen LogP contribution < -0.4 is 10.2 Å². The minimum absolute atomic E-state index is 0.0822. The number of anilines is 1. The summed E-state index contributed by atoms with van der Waals surface area (Å²) in [6.07, 6.45) is 16.9. The monoisotopic (exact) mass is 388 g/mol. The molecule has 1 aliphatic carbocycles.